The van der Waals surface area contributed by atoms with Crippen molar-refractivity contribution >= 4 is 28.9 Å². The van der Waals surface area contributed by atoms with Crippen molar-refractivity contribution in [3.8, 4) is 5.69 Å². The fraction of sp³-hybridized carbons (Fsp3) is 0.158. The van der Waals surface area contributed by atoms with Gasteiger partial charge in [0.2, 0.25) is 0 Å². The molecule has 1 aliphatic carbocycles. The van der Waals surface area contributed by atoms with Gasteiger partial charge in [0.25, 0.3) is 0 Å². The number of carbonyl (C=O) groups is 1. The van der Waals surface area contributed by atoms with Crippen LogP contribution < -0.4 is 5.32 Å². The number of Topliss-reactive ketones (excluding diaryl/α,β-unsaturated/α-hetero) is 1. The van der Waals surface area contributed by atoms with Gasteiger partial charge >= 0.3 is 0 Å². The minimum absolute atomic E-state index is 0.0751. The Hall–Kier alpha value is -2.66. The maximum absolute atomic E-state index is 13.2. The molecule has 0 spiro atoms. The number of halogens is 2. The molecule has 126 valence electrons. The topological polar surface area (TPSA) is 46.9 Å². The van der Waals surface area contributed by atoms with E-state index in [1.165, 1.54) is 12.1 Å². The maximum atomic E-state index is 13.2. The molecule has 25 heavy (non-hydrogen) atoms. The molecule has 0 unspecified atom stereocenters. The van der Waals surface area contributed by atoms with Crippen molar-refractivity contribution in [1.82, 2.24) is 9.78 Å². The van der Waals surface area contributed by atoms with E-state index >= 15 is 0 Å². The zero-order valence-corrected chi connectivity index (χ0v) is 14.1. The van der Waals surface area contributed by atoms with Gasteiger partial charge in [0.1, 0.15) is 5.82 Å². The van der Waals surface area contributed by atoms with Crippen LogP contribution in [0.25, 0.3) is 5.69 Å². The van der Waals surface area contributed by atoms with Gasteiger partial charge in [-0.2, -0.15) is 0 Å². The van der Waals surface area contributed by atoms with Crippen molar-refractivity contribution in [3.63, 3.8) is 0 Å². The van der Waals surface area contributed by atoms with Crippen LogP contribution in [0.2, 0.25) is 5.02 Å². The van der Waals surface area contributed by atoms with E-state index in [9.17, 15) is 9.18 Å². The average Bonchev–Trinajstić information content (AvgIpc) is 2.97. The number of carbonyl (C=O) groups excluding carboxylic acids is 1. The van der Waals surface area contributed by atoms with Gasteiger partial charge in [-0.05, 0) is 61.4 Å². The third-order valence-electron chi connectivity index (χ3n) is 4.26. The maximum Gasteiger partial charge on any atom is 0.168 e. The number of rotatable bonds is 3. The molecule has 1 heterocycles. The third-order valence-corrected chi connectivity index (χ3v) is 4.51. The molecule has 1 N–H and O–H groups in total. The van der Waals surface area contributed by atoms with Gasteiger partial charge in [0, 0.05) is 17.1 Å². The minimum atomic E-state index is -0.305. The predicted octanol–water partition coefficient (Wildman–Crippen LogP) is 4.93. The lowest BCUT2D eigenvalue weighted by molar-refractivity contribution is 0.0973. The summed E-state index contributed by atoms with van der Waals surface area (Å²) in [6.07, 6.45) is 2.06. The van der Waals surface area contributed by atoms with E-state index in [0.29, 0.717) is 22.8 Å². The molecule has 3 aromatic rings. The molecule has 0 saturated heterocycles. The molecule has 0 bridgehead atoms. The van der Waals surface area contributed by atoms with Gasteiger partial charge in [0.05, 0.1) is 16.9 Å². The molecule has 2 aromatic carbocycles. The van der Waals surface area contributed by atoms with Crippen LogP contribution in [0.15, 0.2) is 48.5 Å². The number of anilines is 2. The average molecular weight is 356 g/mol. The number of hydrogen-bond donors (Lipinski definition) is 1. The highest BCUT2D eigenvalue weighted by Crippen LogP contribution is 2.31. The van der Waals surface area contributed by atoms with Gasteiger partial charge in [-0.15, -0.1) is 5.10 Å². The largest absolute Gasteiger partial charge is 0.338 e. The number of hydrogen-bond acceptors (Lipinski definition) is 3. The van der Waals surface area contributed by atoms with Crippen molar-refractivity contribution in [2.75, 3.05) is 5.32 Å². The SMILES string of the molecule is O=C1CCCc2c1c(Nc1ccc(Cl)cc1)nn2-c1ccc(F)cc1. The van der Waals surface area contributed by atoms with E-state index < -0.39 is 0 Å². The molecule has 1 aliphatic rings. The molecule has 1 aromatic heterocycles. The molecule has 6 heteroatoms. The predicted molar refractivity (Wildman–Crippen MR) is 95.5 cm³/mol. The molecule has 4 rings (SSSR count). The molecule has 0 aliphatic heterocycles. The van der Waals surface area contributed by atoms with Gasteiger partial charge in [-0.25, -0.2) is 9.07 Å². The monoisotopic (exact) mass is 355 g/mol. The fourth-order valence-electron chi connectivity index (χ4n) is 3.07. The number of fused-ring (bicyclic) bond motifs is 1. The van der Waals surface area contributed by atoms with Crippen molar-refractivity contribution in [2.45, 2.75) is 19.3 Å². The Balaban J connectivity index is 1.80. The second-order valence-corrected chi connectivity index (χ2v) is 6.40. The number of nitrogens with one attached hydrogen (secondary N) is 1. The van der Waals surface area contributed by atoms with Gasteiger partial charge in [-0.3, -0.25) is 4.79 Å². The first kappa shape index (κ1) is 15.8. The second-order valence-electron chi connectivity index (χ2n) is 5.97. The molecular formula is C19H15ClFN3O. The van der Waals surface area contributed by atoms with Crippen LogP contribution in [0.1, 0.15) is 28.9 Å². The Morgan fingerprint density at radius 2 is 1.76 bits per heavy atom. The normalized spacial score (nSPS) is 13.6. The Bertz CT molecular complexity index is 933. The van der Waals surface area contributed by atoms with Crippen LogP contribution in [-0.2, 0) is 6.42 Å². The van der Waals surface area contributed by atoms with E-state index in [1.807, 2.05) is 12.1 Å². The summed E-state index contributed by atoms with van der Waals surface area (Å²) < 4.78 is 14.9. The lowest BCUT2D eigenvalue weighted by Crippen LogP contribution is -2.13. The van der Waals surface area contributed by atoms with Gasteiger partial charge < -0.3 is 5.32 Å². The first-order chi connectivity index (χ1) is 12.1. The summed E-state index contributed by atoms with van der Waals surface area (Å²) in [6.45, 7) is 0. The van der Waals surface area contributed by atoms with Crippen LogP contribution in [0.3, 0.4) is 0 Å². The molecule has 0 fully saturated rings. The first-order valence-corrected chi connectivity index (χ1v) is 8.43. The number of benzene rings is 2. The van der Waals surface area contributed by atoms with E-state index in [4.69, 9.17) is 11.6 Å². The van der Waals surface area contributed by atoms with E-state index in [-0.39, 0.29) is 11.6 Å². The number of aromatic nitrogens is 2. The molecule has 0 atom stereocenters. The van der Waals surface area contributed by atoms with E-state index in [1.54, 1.807) is 28.9 Å². The molecular weight excluding hydrogens is 341 g/mol. The van der Waals surface area contributed by atoms with Crippen LogP contribution in [0, 0.1) is 5.82 Å². The lowest BCUT2D eigenvalue weighted by atomic mass is 9.95. The Labute approximate surface area is 149 Å². The smallest absolute Gasteiger partial charge is 0.168 e. The first-order valence-electron chi connectivity index (χ1n) is 8.05. The second kappa shape index (κ2) is 6.33. The van der Waals surface area contributed by atoms with Crippen molar-refractivity contribution in [1.29, 1.82) is 0 Å². The van der Waals surface area contributed by atoms with Crippen LogP contribution in [0.4, 0.5) is 15.9 Å². The quantitative estimate of drug-likeness (QED) is 0.724. The van der Waals surface area contributed by atoms with Gasteiger partial charge in [0.15, 0.2) is 11.6 Å². The van der Waals surface area contributed by atoms with Crippen molar-refractivity contribution in [2.24, 2.45) is 0 Å². The number of nitrogens with zero attached hydrogens (tertiary/aromatic N) is 2. The summed E-state index contributed by atoms with van der Waals surface area (Å²) in [6, 6.07) is 13.3. The van der Waals surface area contributed by atoms with Gasteiger partial charge in [-0.1, -0.05) is 11.6 Å². The lowest BCUT2D eigenvalue weighted by Gasteiger charge is -2.13. The molecule has 0 saturated carbocycles. The molecule has 0 radical (unpaired) electrons. The standard InChI is InChI=1S/C19H15ClFN3O/c20-12-4-8-14(9-5-12)22-19-18-16(2-1-3-17(18)25)24(23-19)15-10-6-13(21)7-11-15/h4-11H,1-3H2,(H,22,23). The Kier molecular flexibility index (Phi) is 4.01. The highest BCUT2D eigenvalue weighted by molar-refractivity contribution is 6.30. The summed E-state index contributed by atoms with van der Waals surface area (Å²) in [5.74, 6) is 0.290. The van der Waals surface area contributed by atoms with Crippen molar-refractivity contribution in [3.05, 3.63) is 70.6 Å². The summed E-state index contributed by atoms with van der Waals surface area (Å²) in [5.41, 5.74) is 3.01. The summed E-state index contributed by atoms with van der Waals surface area (Å²) >= 11 is 5.92. The Morgan fingerprint density at radius 3 is 2.48 bits per heavy atom. The third kappa shape index (κ3) is 3.03. The molecule has 0 amide bonds. The fourth-order valence-corrected chi connectivity index (χ4v) is 3.20. The summed E-state index contributed by atoms with van der Waals surface area (Å²) in [5, 5.41) is 8.43. The molecule has 4 nitrogen and oxygen atoms in total. The van der Waals surface area contributed by atoms with Crippen LogP contribution in [-0.4, -0.2) is 15.6 Å². The minimum Gasteiger partial charge on any atom is -0.338 e. The number of ketones is 1. The zero-order valence-electron chi connectivity index (χ0n) is 13.3. The summed E-state index contributed by atoms with van der Waals surface area (Å²) in [4.78, 5) is 12.5. The van der Waals surface area contributed by atoms with E-state index in [0.717, 1.165) is 29.9 Å². The summed E-state index contributed by atoms with van der Waals surface area (Å²) in [7, 11) is 0. The highest BCUT2D eigenvalue weighted by Gasteiger charge is 2.27. The van der Waals surface area contributed by atoms with Crippen LogP contribution in [0.5, 0.6) is 0 Å². The Morgan fingerprint density at radius 1 is 1.04 bits per heavy atom. The van der Waals surface area contributed by atoms with Crippen LogP contribution >= 0.6 is 11.6 Å². The van der Waals surface area contributed by atoms with E-state index in [2.05, 4.69) is 10.4 Å². The highest BCUT2D eigenvalue weighted by atomic mass is 35.5. The van der Waals surface area contributed by atoms with Crippen molar-refractivity contribution < 1.29 is 9.18 Å². The zero-order chi connectivity index (χ0) is 17.4.